The summed E-state index contributed by atoms with van der Waals surface area (Å²) in [5.41, 5.74) is 6.66. The Morgan fingerprint density at radius 2 is 1.95 bits per heavy atom. The molecular formula is C16H17F2NO. The summed E-state index contributed by atoms with van der Waals surface area (Å²) in [6.07, 6.45) is 1.46. The van der Waals surface area contributed by atoms with Gasteiger partial charge in [-0.15, -0.1) is 0 Å². The normalized spacial score (nSPS) is 12.2. The van der Waals surface area contributed by atoms with Crippen molar-refractivity contribution in [1.29, 1.82) is 0 Å². The van der Waals surface area contributed by atoms with E-state index in [1.807, 2.05) is 6.92 Å². The minimum Gasteiger partial charge on any atom is -0.454 e. The van der Waals surface area contributed by atoms with Crippen LogP contribution in [0.5, 0.6) is 11.5 Å². The molecule has 2 N–H and O–H groups in total. The summed E-state index contributed by atoms with van der Waals surface area (Å²) in [7, 11) is 0. The second kappa shape index (κ2) is 6.48. The van der Waals surface area contributed by atoms with E-state index in [-0.39, 0.29) is 17.5 Å². The lowest BCUT2D eigenvalue weighted by Gasteiger charge is -2.11. The second-order valence-corrected chi connectivity index (χ2v) is 4.70. The summed E-state index contributed by atoms with van der Waals surface area (Å²) >= 11 is 0. The topological polar surface area (TPSA) is 35.2 Å². The molecule has 0 heterocycles. The molecule has 0 fully saturated rings. The average molecular weight is 277 g/mol. The first kappa shape index (κ1) is 14.5. The Balaban J connectivity index is 2.13. The molecule has 20 heavy (non-hydrogen) atoms. The van der Waals surface area contributed by atoms with Crippen LogP contribution in [0.25, 0.3) is 0 Å². The molecule has 0 saturated carbocycles. The van der Waals surface area contributed by atoms with Gasteiger partial charge >= 0.3 is 0 Å². The summed E-state index contributed by atoms with van der Waals surface area (Å²) in [4.78, 5) is 0. The van der Waals surface area contributed by atoms with Gasteiger partial charge in [0.15, 0.2) is 11.6 Å². The highest BCUT2D eigenvalue weighted by Gasteiger charge is 2.08. The van der Waals surface area contributed by atoms with Crippen LogP contribution in [-0.4, -0.2) is 6.04 Å². The molecule has 4 heteroatoms. The second-order valence-electron chi connectivity index (χ2n) is 4.70. The van der Waals surface area contributed by atoms with Gasteiger partial charge in [-0.05, 0) is 42.7 Å². The van der Waals surface area contributed by atoms with Crippen LogP contribution in [0.1, 0.15) is 18.9 Å². The van der Waals surface area contributed by atoms with E-state index < -0.39 is 11.6 Å². The van der Waals surface area contributed by atoms with E-state index in [2.05, 4.69) is 0 Å². The highest BCUT2D eigenvalue weighted by atomic mass is 19.1. The molecule has 0 spiro atoms. The van der Waals surface area contributed by atoms with Crippen molar-refractivity contribution in [1.82, 2.24) is 0 Å². The van der Waals surface area contributed by atoms with Gasteiger partial charge in [0.05, 0.1) is 0 Å². The van der Waals surface area contributed by atoms with Crippen molar-refractivity contribution in [3.05, 3.63) is 59.7 Å². The standard InChI is InChI=1S/C16H17F2NO/c1-2-13(19)8-11-6-7-16(15(18)9-11)20-14-5-3-4-12(17)10-14/h3-7,9-10,13H,2,8,19H2,1H3. The van der Waals surface area contributed by atoms with Gasteiger partial charge in [0.25, 0.3) is 0 Å². The fourth-order valence-corrected chi connectivity index (χ4v) is 1.86. The fraction of sp³-hybridized carbons (Fsp3) is 0.250. The Labute approximate surface area is 117 Å². The third kappa shape index (κ3) is 3.78. The molecule has 0 aliphatic heterocycles. The Hall–Kier alpha value is -1.94. The van der Waals surface area contributed by atoms with Crippen LogP contribution in [0.2, 0.25) is 0 Å². The van der Waals surface area contributed by atoms with Crippen molar-refractivity contribution in [2.75, 3.05) is 0 Å². The first-order valence-electron chi connectivity index (χ1n) is 6.56. The summed E-state index contributed by atoms with van der Waals surface area (Å²) in [6, 6.07) is 10.3. The lowest BCUT2D eigenvalue weighted by atomic mass is 10.0. The first-order chi connectivity index (χ1) is 9.58. The van der Waals surface area contributed by atoms with Crippen molar-refractivity contribution in [2.45, 2.75) is 25.8 Å². The van der Waals surface area contributed by atoms with E-state index in [0.29, 0.717) is 6.42 Å². The third-order valence-electron chi connectivity index (χ3n) is 3.04. The molecule has 0 saturated heterocycles. The van der Waals surface area contributed by atoms with Gasteiger partial charge < -0.3 is 10.5 Å². The van der Waals surface area contributed by atoms with Crippen LogP contribution >= 0.6 is 0 Å². The maximum Gasteiger partial charge on any atom is 0.165 e. The summed E-state index contributed by atoms with van der Waals surface area (Å²) in [6.45, 7) is 1.99. The molecule has 1 unspecified atom stereocenters. The van der Waals surface area contributed by atoms with E-state index in [1.54, 1.807) is 12.1 Å². The fourth-order valence-electron chi connectivity index (χ4n) is 1.86. The van der Waals surface area contributed by atoms with Crippen LogP contribution in [0.15, 0.2) is 42.5 Å². The average Bonchev–Trinajstić information content (AvgIpc) is 2.42. The summed E-state index contributed by atoms with van der Waals surface area (Å²) in [5.74, 6) is -0.560. The maximum absolute atomic E-state index is 13.9. The smallest absolute Gasteiger partial charge is 0.165 e. The number of ether oxygens (including phenoxy) is 1. The SMILES string of the molecule is CCC(N)Cc1ccc(Oc2cccc(F)c2)c(F)c1. The first-order valence-corrected chi connectivity index (χ1v) is 6.56. The van der Waals surface area contributed by atoms with Gasteiger partial charge in [-0.2, -0.15) is 0 Å². The molecule has 2 aromatic carbocycles. The van der Waals surface area contributed by atoms with Crippen LogP contribution in [0.4, 0.5) is 8.78 Å². The lowest BCUT2D eigenvalue weighted by Crippen LogP contribution is -2.21. The highest BCUT2D eigenvalue weighted by Crippen LogP contribution is 2.26. The zero-order chi connectivity index (χ0) is 14.5. The van der Waals surface area contributed by atoms with E-state index in [9.17, 15) is 8.78 Å². The van der Waals surface area contributed by atoms with Gasteiger partial charge in [0.2, 0.25) is 0 Å². The highest BCUT2D eigenvalue weighted by molar-refractivity contribution is 5.34. The molecule has 2 rings (SSSR count). The maximum atomic E-state index is 13.9. The summed E-state index contributed by atoms with van der Waals surface area (Å²) in [5, 5.41) is 0. The molecule has 106 valence electrons. The predicted molar refractivity (Wildman–Crippen MR) is 74.8 cm³/mol. The van der Waals surface area contributed by atoms with Gasteiger partial charge in [0.1, 0.15) is 11.6 Å². The van der Waals surface area contributed by atoms with E-state index in [1.165, 1.54) is 30.3 Å². The Morgan fingerprint density at radius 3 is 2.60 bits per heavy atom. The molecule has 0 aliphatic rings. The van der Waals surface area contributed by atoms with Crippen molar-refractivity contribution in [2.24, 2.45) is 5.73 Å². The monoisotopic (exact) mass is 277 g/mol. The van der Waals surface area contributed by atoms with Gasteiger partial charge in [-0.25, -0.2) is 8.78 Å². The number of hydrogen-bond acceptors (Lipinski definition) is 2. The van der Waals surface area contributed by atoms with Crippen molar-refractivity contribution < 1.29 is 13.5 Å². The molecule has 0 aromatic heterocycles. The van der Waals surface area contributed by atoms with Crippen LogP contribution in [-0.2, 0) is 6.42 Å². The van der Waals surface area contributed by atoms with Gasteiger partial charge in [-0.3, -0.25) is 0 Å². The molecule has 0 bridgehead atoms. The number of benzene rings is 2. The minimum absolute atomic E-state index is 0.0180. The van der Waals surface area contributed by atoms with Crippen molar-refractivity contribution in [3.8, 4) is 11.5 Å². The quantitative estimate of drug-likeness (QED) is 0.895. The molecule has 0 radical (unpaired) electrons. The molecule has 0 aliphatic carbocycles. The predicted octanol–water partition coefficient (Wildman–Crippen LogP) is 4.04. The van der Waals surface area contributed by atoms with Crippen LogP contribution in [0.3, 0.4) is 0 Å². The van der Waals surface area contributed by atoms with Gasteiger partial charge in [0, 0.05) is 12.1 Å². The number of rotatable bonds is 5. The molecular weight excluding hydrogens is 260 g/mol. The zero-order valence-electron chi connectivity index (χ0n) is 11.3. The third-order valence-corrected chi connectivity index (χ3v) is 3.04. The molecule has 1 atom stereocenters. The summed E-state index contributed by atoms with van der Waals surface area (Å²) < 4.78 is 32.3. The van der Waals surface area contributed by atoms with Crippen molar-refractivity contribution in [3.63, 3.8) is 0 Å². The van der Waals surface area contributed by atoms with Crippen LogP contribution < -0.4 is 10.5 Å². The van der Waals surface area contributed by atoms with E-state index in [4.69, 9.17) is 10.5 Å². The zero-order valence-corrected chi connectivity index (χ0v) is 11.3. The Kier molecular flexibility index (Phi) is 4.69. The Bertz CT molecular complexity index is 586. The lowest BCUT2D eigenvalue weighted by molar-refractivity contribution is 0.438. The van der Waals surface area contributed by atoms with Gasteiger partial charge in [-0.1, -0.05) is 19.1 Å². The number of hydrogen-bond donors (Lipinski definition) is 1. The van der Waals surface area contributed by atoms with Crippen LogP contribution in [0, 0.1) is 11.6 Å². The largest absolute Gasteiger partial charge is 0.454 e. The minimum atomic E-state index is -0.477. The number of halogens is 2. The molecule has 0 amide bonds. The molecule has 2 nitrogen and oxygen atoms in total. The van der Waals surface area contributed by atoms with E-state index >= 15 is 0 Å². The number of nitrogens with two attached hydrogens (primary N) is 1. The van der Waals surface area contributed by atoms with Crippen molar-refractivity contribution >= 4 is 0 Å². The van der Waals surface area contributed by atoms with E-state index in [0.717, 1.165) is 12.0 Å². The Morgan fingerprint density at radius 1 is 1.15 bits per heavy atom. The molecule has 2 aromatic rings.